The quantitative estimate of drug-likeness (QED) is 0.440. The lowest BCUT2D eigenvalue weighted by molar-refractivity contribution is -0.165. The van der Waals surface area contributed by atoms with Crippen LogP contribution in [0.25, 0.3) is 0 Å². The lowest BCUT2D eigenvalue weighted by Crippen LogP contribution is -2.59. The molecule has 0 spiro atoms. The average Bonchev–Trinajstić information content (AvgIpc) is 2.65. The van der Waals surface area contributed by atoms with E-state index in [0.717, 1.165) is 12.1 Å². The number of benzene rings is 1. The molecule has 0 aromatic heterocycles. The van der Waals surface area contributed by atoms with Gasteiger partial charge in [0, 0.05) is 29.5 Å². The fourth-order valence-corrected chi connectivity index (χ4v) is 3.80. The summed E-state index contributed by atoms with van der Waals surface area (Å²) < 4.78 is 71.7. The van der Waals surface area contributed by atoms with Gasteiger partial charge < -0.3 is 20.7 Å². The number of halogens is 5. The predicted octanol–water partition coefficient (Wildman–Crippen LogP) is 2.20. The molecule has 3 rings (SSSR count). The Morgan fingerprint density at radius 1 is 1.27 bits per heavy atom. The number of primary amides is 1. The number of ether oxygens (including phenoxy) is 1. The average molecular weight is 478 g/mol. The van der Waals surface area contributed by atoms with E-state index in [0.29, 0.717) is 24.2 Å². The van der Waals surface area contributed by atoms with Gasteiger partial charge in [0.2, 0.25) is 5.91 Å². The van der Waals surface area contributed by atoms with E-state index in [9.17, 15) is 36.3 Å². The summed E-state index contributed by atoms with van der Waals surface area (Å²) in [5.41, 5.74) is 4.34. The van der Waals surface area contributed by atoms with Gasteiger partial charge in [-0.3, -0.25) is 19.3 Å². The molecule has 0 radical (unpaired) electrons. The molecule has 1 aliphatic carbocycles. The molecule has 1 saturated carbocycles. The third kappa shape index (κ3) is 5.96. The van der Waals surface area contributed by atoms with Gasteiger partial charge in [-0.25, -0.2) is 8.78 Å². The first-order valence-corrected chi connectivity index (χ1v) is 10.2. The molecular weight excluding hydrogens is 455 g/mol. The number of nitrogens with two attached hydrogens (primary N) is 1. The van der Waals surface area contributed by atoms with Crippen molar-refractivity contribution in [1.29, 1.82) is 0 Å². The Balaban J connectivity index is 1.87. The molecule has 3 N–H and O–H groups in total. The molecule has 2 fully saturated rings. The molecule has 13 heteroatoms. The summed E-state index contributed by atoms with van der Waals surface area (Å²) in [6.45, 7) is -1.40. The number of morpholine rings is 1. The highest BCUT2D eigenvalue weighted by Gasteiger charge is 2.44. The minimum absolute atomic E-state index is 0.144. The van der Waals surface area contributed by atoms with Crippen LogP contribution in [0.4, 0.5) is 33.3 Å². The fourth-order valence-electron chi connectivity index (χ4n) is 3.80. The number of hydrogen-bond donors (Lipinski definition) is 2. The third-order valence-electron chi connectivity index (χ3n) is 5.58. The van der Waals surface area contributed by atoms with Crippen molar-refractivity contribution in [3.05, 3.63) is 23.8 Å². The number of amides is 3. The fraction of sp³-hybridized carbons (Fsp3) is 0.550. The van der Waals surface area contributed by atoms with Crippen LogP contribution < -0.4 is 16.0 Å². The van der Waals surface area contributed by atoms with Crippen LogP contribution in [0.3, 0.4) is 0 Å². The molecule has 1 heterocycles. The van der Waals surface area contributed by atoms with E-state index in [4.69, 9.17) is 10.5 Å². The summed E-state index contributed by atoms with van der Waals surface area (Å²) in [7, 11) is 0. The zero-order chi connectivity index (χ0) is 24.3. The van der Waals surface area contributed by atoms with Gasteiger partial charge in [-0.2, -0.15) is 13.2 Å². The number of rotatable bonds is 8. The molecule has 2 aliphatic rings. The number of carbonyl (C=O) groups is 3. The molecule has 1 atom stereocenters. The van der Waals surface area contributed by atoms with Gasteiger partial charge in [0.05, 0.1) is 13.2 Å². The summed E-state index contributed by atoms with van der Waals surface area (Å²) in [6, 6.07) is 0.737. The van der Waals surface area contributed by atoms with Crippen molar-refractivity contribution in [1.82, 2.24) is 4.90 Å². The Bertz CT molecular complexity index is 907. The summed E-state index contributed by atoms with van der Waals surface area (Å²) >= 11 is 0. The second-order valence-corrected chi connectivity index (χ2v) is 7.84. The van der Waals surface area contributed by atoms with Gasteiger partial charge in [0.25, 0.3) is 18.2 Å². The van der Waals surface area contributed by atoms with Crippen LogP contribution >= 0.6 is 0 Å². The van der Waals surface area contributed by atoms with Gasteiger partial charge in [-0.15, -0.1) is 0 Å². The molecule has 1 aliphatic heterocycles. The van der Waals surface area contributed by atoms with Crippen LogP contribution in [0.1, 0.15) is 31.3 Å². The van der Waals surface area contributed by atoms with E-state index in [1.54, 1.807) is 0 Å². The highest BCUT2D eigenvalue weighted by molar-refractivity contribution is 6.10. The van der Waals surface area contributed by atoms with Crippen LogP contribution in [0.5, 0.6) is 0 Å². The van der Waals surface area contributed by atoms with Crippen molar-refractivity contribution in [2.45, 2.75) is 43.9 Å². The molecule has 3 amide bonds. The number of nitrogens with zero attached hydrogens (tertiary/aromatic N) is 2. The summed E-state index contributed by atoms with van der Waals surface area (Å²) in [4.78, 5) is 38.7. The molecule has 33 heavy (non-hydrogen) atoms. The third-order valence-corrected chi connectivity index (χ3v) is 5.58. The summed E-state index contributed by atoms with van der Waals surface area (Å²) in [6.07, 6.45) is -6.47. The highest BCUT2D eigenvalue weighted by Crippen LogP contribution is 2.33. The topological polar surface area (TPSA) is 105 Å². The van der Waals surface area contributed by atoms with Crippen LogP contribution in [-0.4, -0.2) is 67.2 Å². The SMILES string of the molecule is NC(=O)[C@H](C(=O)Nc1ccc(N2CCOCC2=O)cc1C(F)F)N(CC(F)(F)F)C1CCC1. The number of carbonyl (C=O) groups excluding carboxylic acids is 3. The van der Waals surface area contributed by atoms with E-state index in [1.807, 2.05) is 0 Å². The molecule has 1 aromatic carbocycles. The molecule has 0 bridgehead atoms. The van der Waals surface area contributed by atoms with Gasteiger partial charge in [0.15, 0.2) is 6.04 Å². The highest BCUT2D eigenvalue weighted by atomic mass is 19.4. The molecule has 8 nitrogen and oxygen atoms in total. The van der Waals surface area contributed by atoms with Crippen LogP contribution in [0.2, 0.25) is 0 Å². The summed E-state index contributed by atoms with van der Waals surface area (Å²) in [5, 5.41) is 2.13. The van der Waals surface area contributed by atoms with E-state index < -0.39 is 60.2 Å². The molecule has 1 saturated heterocycles. The first kappa shape index (κ1) is 24.8. The molecule has 182 valence electrons. The maximum atomic E-state index is 13.7. The second-order valence-electron chi connectivity index (χ2n) is 7.84. The Kier molecular flexibility index (Phi) is 7.52. The van der Waals surface area contributed by atoms with Gasteiger partial charge in [0.1, 0.15) is 6.61 Å². The molecule has 1 aromatic rings. The minimum Gasteiger partial charge on any atom is -0.370 e. The van der Waals surface area contributed by atoms with Gasteiger partial charge in [-0.1, -0.05) is 6.42 Å². The van der Waals surface area contributed by atoms with Crippen molar-refractivity contribution in [2.24, 2.45) is 5.73 Å². The summed E-state index contributed by atoms with van der Waals surface area (Å²) in [5.74, 6) is -3.00. The Morgan fingerprint density at radius 3 is 2.48 bits per heavy atom. The van der Waals surface area contributed by atoms with Crippen molar-refractivity contribution in [3.63, 3.8) is 0 Å². The van der Waals surface area contributed by atoms with Crippen molar-refractivity contribution >= 4 is 29.1 Å². The van der Waals surface area contributed by atoms with Gasteiger partial charge in [-0.05, 0) is 31.0 Å². The Morgan fingerprint density at radius 2 is 1.97 bits per heavy atom. The lowest BCUT2D eigenvalue weighted by atomic mass is 9.90. The van der Waals surface area contributed by atoms with E-state index in [1.165, 1.54) is 11.0 Å². The lowest BCUT2D eigenvalue weighted by Gasteiger charge is -2.40. The standard InChI is InChI=1S/C20H23F5N4O4/c21-17(22)13-8-12(28-6-7-33-9-15(28)30)4-5-14(13)27-19(32)16(18(26)31)29(10-20(23,24)25)11-2-1-3-11/h4-5,8,11,16-17H,1-3,6-7,9-10H2,(H2,26,31)(H,27,32)/t16-/m1/s1. The number of nitrogens with one attached hydrogen (secondary N) is 1. The monoisotopic (exact) mass is 478 g/mol. The van der Waals surface area contributed by atoms with E-state index in [2.05, 4.69) is 5.32 Å². The maximum absolute atomic E-state index is 13.7. The number of hydrogen-bond acceptors (Lipinski definition) is 5. The molecule has 0 unspecified atom stereocenters. The maximum Gasteiger partial charge on any atom is 0.401 e. The molecular formula is C20H23F5N4O4. The Hall–Kier alpha value is -2.80. The second kappa shape index (κ2) is 10.00. The first-order chi connectivity index (χ1) is 15.5. The Labute approximate surface area is 185 Å². The normalized spacial score (nSPS) is 18.4. The zero-order valence-corrected chi connectivity index (χ0v) is 17.4. The van der Waals surface area contributed by atoms with Crippen molar-refractivity contribution < 1.29 is 41.1 Å². The van der Waals surface area contributed by atoms with Gasteiger partial charge >= 0.3 is 6.18 Å². The number of alkyl halides is 5. The van der Waals surface area contributed by atoms with E-state index >= 15 is 0 Å². The van der Waals surface area contributed by atoms with Crippen LogP contribution in [-0.2, 0) is 19.1 Å². The van der Waals surface area contributed by atoms with Crippen LogP contribution in [0.15, 0.2) is 18.2 Å². The zero-order valence-electron chi connectivity index (χ0n) is 17.4. The van der Waals surface area contributed by atoms with Crippen molar-refractivity contribution in [3.8, 4) is 0 Å². The number of anilines is 2. The van der Waals surface area contributed by atoms with E-state index in [-0.39, 0.29) is 25.4 Å². The predicted molar refractivity (Wildman–Crippen MR) is 107 cm³/mol. The van der Waals surface area contributed by atoms with Crippen molar-refractivity contribution in [2.75, 3.05) is 36.5 Å². The van der Waals surface area contributed by atoms with Crippen LogP contribution in [0, 0.1) is 0 Å². The smallest absolute Gasteiger partial charge is 0.370 e. The first-order valence-electron chi connectivity index (χ1n) is 10.2. The minimum atomic E-state index is -4.70. The largest absolute Gasteiger partial charge is 0.401 e.